The van der Waals surface area contributed by atoms with Gasteiger partial charge in [-0.2, -0.15) is 0 Å². The lowest BCUT2D eigenvalue weighted by molar-refractivity contribution is -0.313. The number of carbonyl (C=O) groups excluding carboxylic acids is 2. The van der Waals surface area contributed by atoms with Crippen LogP contribution in [0, 0.1) is 0 Å². The van der Waals surface area contributed by atoms with Crippen molar-refractivity contribution in [3.8, 4) is 0 Å². The lowest BCUT2D eigenvalue weighted by Gasteiger charge is -2.43. The average molecular weight is 453 g/mol. The van der Waals surface area contributed by atoms with E-state index in [-0.39, 0.29) is 12.8 Å². The topological polar surface area (TPSA) is 110 Å². The van der Waals surface area contributed by atoms with Gasteiger partial charge in [-0.3, -0.25) is 9.59 Å². The zero-order chi connectivity index (χ0) is 23.3. The van der Waals surface area contributed by atoms with Crippen molar-refractivity contribution in [3.63, 3.8) is 0 Å². The molecule has 0 bridgehead atoms. The van der Waals surface area contributed by atoms with Gasteiger partial charge in [-0.25, -0.2) is 0 Å². The zero-order valence-electron chi connectivity index (χ0n) is 18.8. The van der Waals surface area contributed by atoms with Crippen LogP contribution in [0.25, 0.3) is 0 Å². The van der Waals surface area contributed by atoms with Crippen molar-refractivity contribution in [3.05, 3.63) is 35.9 Å². The molecular weight excluding hydrogens is 420 g/mol. The quantitative estimate of drug-likeness (QED) is 0.622. The monoisotopic (exact) mass is 452 g/mol. The maximum atomic E-state index is 11.6. The van der Waals surface area contributed by atoms with E-state index in [1.165, 1.54) is 13.8 Å². The van der Waals surface area contributed by atoms with Crippen LogP contribution in [0.2, 0.25) is 0 Å². The minimum Gasteiger partial charge on any atom is -0.458 e. The first-order valence-electron chi connectivity index (χ1n) is 10.9. The molecule has 32 heavy (non-hydrogen) atoms. The second-order valence-corrected chi connectivity index (χ2v) is 8.20. The predicted octanol–water partition coefficient (Wildman–Crippen LogP) is 2.08. The minimum atomic E-state index is -0.959. The molecule has 9 heteroatoms. The third-order valence-corrected chi connectivity index (χ3v) is 5.49. The Balaban J connectivity index is 1.68. The van der Waals surface area contributed by atoms with Crippen LogP contribution in [0.4, 0.5) is 0 Å². The van der Waals surface area contributed by atoms with Crippen molar-refractivity contribution in [2.75, 3.05) is 0 Å². The van der Waals surface area contributed by atoms with Gasteiger partial charge in [0.05, 0.1) is 24.9 Å². The van der Waals surface area contributed by atoms with Crippen LogP contribution in [0.15, 0.2) is 30.3 Å². The third-order valence-electron chi connectivity index (χ3n) is 5.49. The number of aliphatic hydroxyl groups is 1. The molecule has 1 aromatic rings. The van der Waals surface area contributed by atoms with E-state index in [1.807, 2.05) is 30.3 Å². The molecule has 8 atom stereocenters. The van der Waals surface area contributed by atoms with Gasteiger partial charge in [0, 0.05) is 26.7 Å². The Labute approximate surface area is 187 Å². The lowest BCUT2D eigenvalue weighted by atomic mass is 10.00. The van der Waals surface area contributed by atoms with E-state index in [9.17, 15) is 14.7 Å². The first kappa shape index (κ1) is 24.6. The van der Waals surface area contributed by atoms with Crippen LogP contribution in [0.1, 0.15) is 46.1 Å². The highest BCUT2D eigenvalue weighted by Gasteiger charge is 2.45. The largest absolute Gasteiger partial charge is 0.458 e. The highest BCUT2D eigenvalue weighted by molar-refractivity contribution is 5.67. The van der Waals surface area contributed by atoms with E-state index in [1.54, 1.807) is 13.8 Å². The molecule has 3 rings (SSSR count). The molecular formula is C23H32O9. The van der Waals surface area contributed by atoms with Crippen molar-refractivity contribution in [2.24, 2.45) is 0 Å². The van der Waals surface area contributed by atoms with E-state index in [2.05, 4.69) is 0 Å². The van der Waals surface area contributed by atoms with Gasteiger partial charge in [0.2, 0.25) is 0 Å². The molecule has 9 nitrogen and oxygen atoms in total. The first-order chi connectivity index (χ1) is 15.2. The van der Waals surface area contributed by atoms with Crippen LogP contribution in [0.3, 0.4) is 0 Å². The van der Waals surface area contributed by atoms with E-state index in [0.717, 1.165) is 5.56 Å². The number of ether oxygens (including phenoxy) is 6. The number of hydrogen-bond donors (Lipinski definition) is 1. The first-order valence-corrected chi connectivity index (χ1v) is 10.9. The number of carbonyl (C=O) groups is 2. The Morgan fingerprint density at radius 2 is 1.59 bits per heavy atom. The smallest absolute Gasteiger partial charge is 0.303 e. The van der Waals surface area contributed by atoms with Crippen LogP contribution in [-0.4, -0.2) is 66.2 Å². The van der Waals surface area contributed by atoms with E-state index < -0.39 is 61.1 Å². The summed E-state index contributed by atoms with van der Waals surface area (Å²) < 4.78 is 34.5. The van der Waals surface area contributed by atoms with Crippen LogP contribution in [0.5, 0.6) is 0 Å². The summed E-state index contributed by atoms with van der Waals surface area (Å²) in [6.45, 7) is 6.47. The molecule has 178 valence electrons. The number of esters is 2. The summed E-state index contributed by atoms with van der Waals surface area (Å²) in [6.07, 6.45) is -4.70. The zero-order valence-corrected chi connectivity index (χ0v) is 18.8. The van der Waals surface area contributed by atoms with Crippen molar-refractivity contribution in [2.45, 2.75) is 96.3 Å². The molecule has 0 saturated carbocycles. The normalized spacial score (nSPS) is 35.2. The Morgan fingerprint density at radius 3 is 2.25 bits per heavy atom. The summed E-state index contributed by atoms with van der Waals surface area (Å²) in [5, 5.41) is 10.1. The summed E-state index contributed by atoms with van der Waals surface area (Å²) in [4.78, 5) is 23.1. The minimum absolute atomic E-state index is 0.180. The van der Waals surface area contributed by atoms with Crippen molar-refractivity contribution >= 4 is 11.9 Å². The fourth-order valence-electron chi connectivity index (χ4n) is 4.11. The van der Waals surface area contributed by atoms with Gasteiger partial charge in [-0.05, 0) is 19.4 Å². The molecule has 0 aliphatic carbocycles. The lowest BCUT2D eigenvalue weighted by Crippen LogP contribution is -2.55. The number of hydrogen-bond acceptors (Lipinski definition) is 9. The van der Waals surface area contributed by atoms with E-state index in [0.29, 0.717) is 6.61 Å². The number of benzene rings is 1. The Hall–Kier alpha value is -2.04. The summed E-state index contributed by atoms with van der Waals surface area (Å²) in [5.41, 5.74) is 1.00. The summed E-state index contributed by atoms with van der Waals surface area (Å²) in [6, 6.07) is 9.71. The summed E-state index contributed by atoms with van der Waals surface area (Å²) >= 11 is 0. The molecule has 0 amide bonds. The van der Waals surface area contributed by atoms with Gasteiger partial charge in [-0.15, -0.1) is 0 Å². The fourth-order valence-corrected chi connectivity index (χ4v) is 4.11. The molecule has 0 unspecified atom stereocenters. The molecule has 2 aliphatic heterocycles. The molecule has 2 heterocycles. The average Bonchev–Trinajstić information content (AvgIpc) is 2.71. The van der Waals surface area contributed by atoms with Crippen LogP contribution in [-0.2, 0) is 44.6 Å². The Bertz CT molecular complexity index is 755. The van der Waals surface area contributed by atoms with Crippen LogP contribution >= 0.6 is 0 Å². The molecule has 0 aromatic heterocycles. The summed E-state index contributed by atoms with van der Waals surface area (Å²) in [5.74, 6) is -0.971. The SMILES string of the molecule is CC(=O)O[C@@H]1[C@@H](C)O[C@@H](O[C@@H]2[C@@H](C)O[C@H](O)C[C@H]2OCc2ccccc2)C[C@H]1OC(C)=O. The van der Waals surface area contributed by atoms with Gasteiger partial charge in [0.1, 0.15) is 12.2 Å². The molecule has 2 saturated heterocycles. The van der Waals surface area contributed by atoms with E-state index in [4.69, 9.17) is 28.4 Å². The Kier molecular flexibility index (Phi) is 8.61. The molecule has 0 spiro atoms. The van der Waals surface area contributed by atoms with Crippen molar-refractivity contribution < 1.29 is 43.1 Å². The standard InChI is InChI=1S/C23H32O9/c1-13-22(18(10-20(26)28-13)27-12-17-8-6-5-7-9-17)32-21-11-19(30-15(3)24)23(14(2)29-21)31-16(4)25/h5-9,13-14,18-23,26H,10-12H2,1-4H3/t13-,14-,18-,19-,20+,21+,22-,23-/m1/s1. The van der Waals surface area contributed by atoms with Crippen molar-refractivity contribution in [1.29, 1.82) is 0 Å². The molecule has 0 radical (unpaired) electrons. The van der Waals surface area contributed by atoms with Gasteiger partial charge in [0.25, 0.3) is 0 Å². The summed E-state index contributed by atoms with van der Waals surface area (Å²) in [7, 11) is 0. The van der Waals surface area contributed by atoms with Gasteiger partial charge in [0.15, 0.2) is 18.7 Å². The molecule has 1 aromatic carbocycles. The highest BCUT2D eigenvalue weighted by Crippen LogP contribution is 2.31. The van der Waals surface area contributed by atoms with Gasteiger partial charge in [-0.1, -0.05) is 30.3 Å². The second kappa shape index (κ2) is 11.2. The molecule has 2 fully saturated rings. The highest BCUT2D eigenvalue weighted by atomic mass is 16.7. The maximum absolute atomic E-state index is 11.6. The van der Waals surface area contributed by atoms with Crippen LogP contribution < -0.4 is 0 Å². The van der Waals surface area contributed by atoms with Gasteiger partial charge >= 0.3 is 11.9 Å². The predicted molar refractivity (Wildman–Crippen MR) is 111 cm³/mol. The Morgan fingerprint density at radius 1 is 0.938 bits per heavy atom. The number of rotatable bonds is 7. The van der Waals surface area contributed by atoms with Crippen molar-refractivity contribution in [1.82, 2.24) is 0 Å². The molecule has 2 aliphatic rings. The third kappa shape index (κ3) is 6.73. The van der Waals surface area contributed by atoms with Gasteiger partial charge < -0.3 is 33.5 Å². The molecule has 1 N–H and O–H groups in total. The maximum Gasteiger partial charge on any atom is 0.303 e. The van der Waals surface area contributed by atoms with E-state index >= 15 is 0 Å². The second-order valence-electron chi connectivity index (χ2n) is 8.20. The number of aliphatic hydroxyl groups excluding tert-OH is 1. The fraction of sp³-hybridized carbons (Fsp3) is 0.652.